The third-order valence-electron chi connectivity index (χ3n) is 7.51. The maximum atomic E-state index is 11.9. The summed E-state index contributed by atoms with van der Waals surface area (Å²) in [7, 11) is 0. The van der Waals surface area contributed by atoms with Crippen LogP contribution in [-0.4, -0.2) is 11.9 Å². The van der Waals surface area contributed by atoms with Crippen molar-refractivity contribution in [1.29, 1.82) is 0 Å². The van der Waals surface area contributed by atoms with Crippen LogP contribution in [0.1, 0.15) is 194 Å². The Morgan fingerprint density at radius 1 is 0.415 bits per heavy atom. The van der Waals surface area contributed by atoms with E-state index in [0.717, 1.165) is 38.5 Å². The van der Waals surface area contributed by atoms with E-state index in [2.05, 4.69) is 38.2 Å². The number of hydrogen-bond acceptors (Lipinski definition) is 3. The molecule has 247 valence electrons. The standard InChI is InChI=1S/C36H66O3.Cu.Fe/c1-3-5-7-9-11-13-15-17-19-21-23-25-27-29-31-33-35(37)39-36(38)34-32-30-28-26-24-22-20-18-16-14-12-10-8-6-4-2;;/h17-20H,3-16,21-34H2,1-2H3;;/b19-17-,20-18-;;. The monoisotopic (exact) mass is 665 g/mol. The van der Waals surface area contributed by atoms with Gasteiger partial charge in [0.2, 0.25) is 0 Å². The van der Waals surface area contributed by atoms with Crippen molar-refractivity contribution in [1.82, 2.24) is 0 Å². The van der Waals surface area contributed by atoms with Crippen molar-refractivity contribution in [3.8, 4) is 0 Å². The number of hydrogen-bond donors (Lipinski definition) is 0. The van der Waals surface area contributed by atoms with Crippen molar-refractivity contribution in [2.24, 2.45) is 0 Å². The summed E-state index contributed by atoms with van der Waals surface area (Å²) < 4.78 is 4.99. The minimum Gasteiger partial charge on any atom is -0.393 e. The predicted molar refractivity (Wildman–Crippen MR) is 170 cm³/mol. The minimum absolute atomic E-state index is 0. The Hall–Kier alpha value is -0.341. The van der Waals surface area contributed by atoms with E-state index >= 15 is 0 Å². The average Bonchev–Trinajstić information content (AvgIpc) is 2.93. The summed E-state index contributed by atoms with van der Waals surface area (Å²) in [6, 6.07) is 0. The Morgan fingerprint density at radius 2 is 0.659 bits per heavy atom. The molecule has 0 saturated heterocycles. The zero-order valence-electron chi connectivity index (χ0n) is 27.0. The van der Waals surface area contributed by atoms with Gasteiger partial charge in [-0.25, -0.2) is 0 Å². The van der Waals surface area contributed by atoms with Gasteiger partial charge in [0.25, 0.3) is 0 Å². The normalized spacial score (nSPS) is 11.1. The van der Waals surface area contributed by atoms with E-state index in [9.17, 15) is 9.59 Å². The van der Waals surface area contributed by atoms with Crippen LogP contribution < -0.4 is 0 Å². The van der Waals surface area contributed by atoms with E-state index in [0.29, 0.717) is 12.8 Å². The Balaban J connectivity index is -0.00000722. The van der Waals surface area contributed by atoms with E-state index in [1.807, 2.05) is 0 Å². The van der Waals surface area contributed by atoms with Gasteiger partial charge in [0.15, 0.2) is 0 Å². The van der Waals surface area contributed by atoms with Gasteiger partial charge in [-0.1, -0.05) is 141 Å². The number of rotatable bonds is 30. The Kier molecular flexibility index (Phi) is 43.6. The molecule has 0 spiro atoms. The molecule has 0 aliphatic heterocycles. The first-order valence-corrected chi connectivity index (χ1v) is 17.2. The van der Waals surface area contributed by atoms with Gasteiger partial charge < -0.3 is 4.74 Å². The van der Waals surface area contributed by atoms with E-state index in [-0.39, 0.29) is 46.1 Å². The molecule has 0 aromatic heterocycles. The van der Waals surface area contributed by atoms with Gasteiger partial charge >= 0.3 is 11.9 Å². The van der Waals surface area contributed by atoms with E-state index in [1.54, 1.807) is 0 Å². The van der Waals surface area contributed by atoms with Crippen molar-refractivity contribution >= 4 is 11.9 Å². The molecule has 0 rings (SSSR count). The zero-order valence-corrected chi connectivity index (χ0v) is 29.0. The van der Waals surface area contributed by atoms with Crippen LogP contribution in [0.4, 0.5) is 0 Å². The second kappa shape index (κ2) is 39.7. The smallest absolute Gasteiger partial charge is 0.313 e. The number of esters is 2. The van der Waals surface area contributed by atoms with Crippen molar-refractivity contribution < 1.29 is 48.5 Å². The maximum Gasteiger partial charge on any atom is 0.313 e. The fourth-order valence-electron chi connectivity index (χ4n) is 4.91. The summed E-state index contributed by atoms with van der Waals surface area (Å²) in [6.45, 7) is 4.53. The topological polar surface area (TPSA) is 43.4 Å². The van der Waals surface area contributed by atoms with Gasteiger partial charge in [-0.15, -0.1) is 0 Å². The summed E-state index contributed by atoms with van der Waals surface area (Å²) in [5.41, 5.74) is 0. The molecule has 0 saturated carbocycles. The largest absolute Gasteiger partial charge is 0.393 e. The molecule has 41 heavy (non-hydrogen) atoms. The summed E-state index contributed by atoms with van der Waals surface area (Å²) in [6.07, 6.45) is 42.2. The van der Waals surface area contributed by atoms with Gasteiger partial charge in [0, 0.05) is 47.0 Å². The van der Waals surface area contributed by atoms with E-state index < -0.39 is 0 Å². The molecule has 0 heterocycles. The molecule has 0 aliphatic rings. The fraction of sp³-hybridized carbons (Fsp3) is 0.833. The molecule has 0 N–H and O–H groups in total. The van der Waals surface area contributed by atoms with E-state index in [1.165, 1.54) is 128 Å². The second-order valence-electron chi connectivity index (χ2n) is 11.5. The SMILES string of the molecule is CCCCCCCC/C=C\CCCCCCCC(=O)OC(=O)CCCCCCC/C=C\CCCCCCCC.[Cu].[Fe]. The van der Waals surface area contributed by atoms with Crippen LogP contribution in [0.2, 0.25) is 0 Å². The van der Waals surface area contributed by atoms with Crippen molar-refractivity contribution in [3.63, 3.8) is 0 Å². The summed E-state index contributed by atoms with van der Waals surface area (Å²) in [5, 5.41) is 0. The molecule has 0 fully saturated rings. The van der Waals surface area contributed by atoms with Gasteiger partial charge in [0.1, 0.15) is 0 Å². The van der Waals surface area contributed by atoms with Crippen molar-refractivity contribution in [2.75, 3.05) is 0 Å². The summed E-state index contributed by atoms with van der Waals surface area (Å²) in [5.74, 6) is -0.684. The quantitative estimate of drug-likeness (QED) is 0.0252. The average molecular weight is 666 g/mol. The second-order valence-corrected chi connectivity index (χ2v) is 11.5. The van der Waals surface area contributed by atoms with Crippen LogP contribution in [0.25, 0.3) is 0 Å². The van der Waals surface area contributed by atoms with Crippen LogP contribution in [-0.2, 0) is 48.5 Å². The minimum atomic E-state index is -0.342. The molecule has 0 unspecified atom stereocenters. The van der Waals surface area contributed by atoms with Crippen LogP contribution >= 0.6 is 0 Å². The number of unbranched alkanes of at least 4 members (excludes halogenated alkanes) is 22. The summed E-state index contributed by atoms with van der Waals surface area (Å²) >= 11 is 0. The van der Waals surface area contributed by atoms with Crippen molar-refractivity contribution in [2.45, 2.75) is 194 Å². The molecule has 0 atom stereocenters. The Bertz CT molecular complexity index is 541. The van der Waals surface area contributed by atoms with Gasteiger partial charge in [-0.05, 0) is 64.2 Å². The molecule has 5 heteroatoms. The van der Waals surface area contributed by atoms with Crippen LogP contribution in [0, 0.1) is 0 Å². The first-order valence-electron chi connectivity index (χ1n) is 17.2. The molecule has 0 aromatic rings. The molecule has 0 bridgehead atoms. The molecule has 0 aromatic carbocycles. The zero-order chi connectivity index (χ0) is 28.5. The molecule has 0 aliphatic carbocycles. The first kappa shape index (κ1) is 45.1. The summed E-state index contributed by atoms with van der Waals surface area (Å²) in [4.78, 5) is 23.8. The molecule has 3 nitrogen and oxygen atoms in total. The van der Waals surface area contributed by atoms with Gasteiger partial charge in [0.05, 0.1) is 0 Å². The maximum absolute atomic E-state index is 11.9. The Morgan fingerprint density at radius 3 is 0.951 bits per heavy atom. The van der Waals surface area contributed by atoms with Crippen LogP contribution in [0.3, 0.4) is 0 Å². The van der Waals surface area contributed by atoms with Gasteiger partial charge in [-0.3, -0.25) is 9.59 Å². The number of allylic oxidation sites excluding steroid dienone is 4. The number of carbonyl (C=O) groups excluding carboxylic acids is 2. The van der Waals surface area contributed by atoms with Crippen LogP contribution in [0.15, 0.2) is 24.3 Å². The molecule has 1 radical (unpaired) electrons. The molecular weight excluding hydrogens is 600 g/mol. The van der Waals surface area contributed by atoms with Crippen molar-refractivity contribution in [3.05, 3.63) is 24.3 Å². The Labute approximate surface area is 277 Å². The van der Waals surface area contributed by atoms with Crippen LogP contribution in [0.5, 0.6) is 0 Å². The first-order chi connectivity index (χ1) is 19.2. The fourth-order valence-corrected chi connectivity index (χ4v) is 4.91. The van der Waals surface area contributed by atoms with Gasteiger partial charge in [-0.2, -0.15) is 0 Å². The van der Waals surface area contributed by atoms with E-state index in [4.69, 9.17) is 4.74 Å². The third kappa shape index (κ3) is 39.7. The molecular formula is C36H66CuFeO3. The number of carbonyl (C=O) groups is 2. The third-order valence-corrected chi connectivity index (χ3v) is 7.51. The molecule has 0 amide bonds. The number of ether oxygens (including phenoxy) is 1. The predicted octanol–water partition coefficient (Wildman–Crippen LogP) is 12.1.